The molecular weight excluding hydrogens is 228 g/mol. The first-order valence-electron chi connectivity index (χ1n) is 6.34. The van der Waals surface area contributed by atoms with E-state index < -0.39 is 0 Å². The molecule has 1 heterocycles. The van der Waals surface area contributed by atoms with Gasteiger partial charge in [-0.2, -0.15) is 0 Å². The monoisotopic (exact) mass is 252 g/mol. The standard InChI is InChI=1S/C13H24N4O/c1-5-6-18-12-7-11(15-10-16-12)17(4)9-13(2,3)8-14/h7,10H,5-6,8-9,14H2,1-4H3. The first-order chi connectivity index (χ1) is 8.48. The van der Waals surface area contributed by atoms with E-state index in [-0.39, 0.29) is 5.41 Å². The minimum absolute atomic E-state index is 0.0597. The van der Waals surface area contributed by atoms with Gasteiger partial charge in [0.15, 0.2) is 0 Å². The number of aromatic nitrogens is 2. The fraction of sp³-hybridized carbons (Fsp3) is 0.692. The number of hydrogen-bond acceptors (Lipinski definition) is 5. The number of ether oxygens (including phenoxy) is 1. The van der Waals surface area contributed by atoms with Crippen LogP contribution in [0.3, 0.4) is 0 Å². The van der Waals surface area contributed by atoms with Crippen molar-refractivity contribution < 1.29 is 4.74 Å². The zero-order valence-electron chi connectivity index (χ0n) is 11.8. The van der Waals surface area contributed by atoms with Gasteiger partial charge in [-0.25, -0.2) is 9.97 Å². The Morgan fingerprint density at radius 2 is 2.11 bits per heavy atom. The molecule has 1 aromatic heterocycles. The van der Waals surface area contributed by atoms with E-state index in [1.807, 2.05) is 13.1 Å². The van der Waals surface area contributed by atoms with E-state index in [2.05, 4.69) is 35.6 Å². The third kappa shape index (κ3) is 4.49. The van der Waals surface area contributed by atoms with Gasteiger partial charge in [0.1, 0.15) is 12.1 Å². The highest BCUT2D eigenvalue weighted by atomic mass is 16.5. The first-order valence-corrected chi connectivity index (χ1v) is 6.34. The second-order valence-electron chi connectivity index (χ2n) is 5.29. The van der Waals surface area contributed by atoms with Crippen molar-refractivity contribution in [3.63, 3.8) is 0 Å². The topological polar surface area (TPSA) is 64.3 Å². The van der Waals surface area contributed by atoms with Crippen molar-refractivity contribution in [1.29, 1.82) is 0 Å². The highest BCUT2D eigenvalue weighted by molar-refractivity contribution is 5.40. The molecule has 0 saturated heterocycles. The van der Waals surface area contributed by atoms with Crippen molar-refractivity contribution in [2.45, 2.75) is 27.2 Å². The summed E-state index contributed by atoms with van der Waals surface area (Å²) in [5, 5.41) is 0. The smallest absolute Gasteiger partial charge is 0.218 e. The van der Waals surface area contributed by atoms with Crippen LogP contribution in [0.2, 0.25) is 0 Å². The number of anilines is 1. The van der Waals surface area contributed by atoms with Gasteiger partial charge < -0.3 is 15.4 Å². The minimum Gasteiger partial charge on any atom is -0.478 e. The van der Waals surface area contributed by atoms with E-state index in [1.165, 1.54) is 6.33 Å². The Bertz CT molecular complexity index is 368. The molecule has 0 spiro atoms. The molecule has 0 radical (unpaired) electrons. The van der Waals surface area contributed by atoms with E-state index in [0.717, 1.165) is 18.8 Å². The Hall–Kier alpha value is -1.36. The average Bonchev–Trinajstić information content (AvgIpc) is 2.36. The molecule has 1 rings (SSSR count). The van der Waals surface area contributed by atoms with Gasteiger partial charge in [0, 0.05) is 19.7 Å². The van der Waals surface area contributed by atoms with Crippen LogP contribution in [0, 0.1) is 5.41 Å². The molecule has 1 aromatic rings. The van der Waals surface area contributed by atoms with Gasteiger partial charge in [-0.15, -0.1) is 0 Å². The minimum atomic E-state index is 0.0597. The molecule has 0 saturated carbocycles. The lowest BCUT2D eigenvalue weighted by atomic mass is 9.93. The zero-order valence-corrected chi connectivity index (χ0v) is 11.8. The summed E-state index contributed by atoms with van der Waals surface area (Å²) in [6.07, 6.45) is 2.50. The second kappa shape index (κ2) is 6.54. The van der Waals surface area contributed by atoms with Crippen molar-refractivity contribution in [2.24, 2.45) is 11.1 Å². The number of rotatable bonds is 7. The van der Waals surface area contributed by atoms with E-state index >= 15 is 0 Å². The molecule has 0 fully saturated rings. The Kier molecular flexibility index (Phi) is 5.34. The summed E-state index contributed by atoms with van der Waals surface area (Å²) in [5.41, 5.74) is 5.80. The Balaban J connectivity index is 2.70. The van der Waals surface area contributed by atoms with Crippen molar-refractivity contribution >= 4 is 5.82 Å². The predicted molar refractivity (Wildman–Crippen MR) is 73.9 cm³/mol. The molecule has 0 unspecified atom stereocenters. The molecule has 5 nitrogen and oxygen atoms in total. The van der Waals surface area contributed by atoms with Crippen LogP contribution in [0.25, 0.3) is 0 Å². The third-order valence-corrected chi connectivity index (χ3v) is 2.69. The normalized spacial score (nSPS) is 11.4. The quantitative estimate of drug-likeness (QED) is 0.800. The molecule has 0 aliphatic carbocycles. The van der Waals surface area contributed by atoms with Gasteiger partial charge in [-0.05, 0) is 18.4 Å². The van der Waals surface area contributed by atoms with E-state index in [0.29, 0.717) is 19.0 Å². The summed E-state index contributed by atoms with van der Waals surface area (Å²) in [6, 6.07) is 1.86. The largest absolute Gasteiger partial charge is 0.478 e. The van der Waals surface area contributed by atoms with E-state index in [9.17, 15) is 0 Å². The third-order valence-electron chi connectivity index (χ3n) is 2.69. The fourth-order valence-electron chi connectivity index (χ4n) is 1.61. The van der Waals surface area contributed by atoms with Crippen LogP contribution in [-0.2, 0) is 0 Å². The molecule has 0 amide bonds. The first kappa shape index (κ1) is 14.7. The van der Waals surface area contributed by atoms with Crippen LogP contribution < -0.4 is 15.4 Å². The number of hydrogen-bond donors (Lipinski definition) is 1. The molecule has 0 aromatic carbocycles. The van der Waals surface area contributed by atoms with Crippen molar-refractivity contribution in [3.8, 4) is 5.88 Å². The molecule has 0 atom stereocenters. The summed E-state index contributed by atoms with van der Waals surface area (Å²) in [5.74, 6) is 1.48. The molecule has 2 N–H and O–H groups in total. The number of nitrogens with two attached hydrogens (primary N) is 1. The van der Waals surface area contributed by atoms with Crippen molar-refractivity contribution in [3.05, 3.63) is 12.4 Å². The highest BCUT2D eigenvalue weighted by Gasteiger charge is 2.19. The maximum absolute atomic E-state index is 5.74. The van der Waals surface area contributed by atoms with E-state index in [1.54, 1.807) is 0 Å². The van der Waals surface area contributed by atoms with Crippen LogP contribution in [0.5, 0.6) is 5.88 Å². The van der Waals surface area contributed by atoms with Gasteiger partial charge in [-0.3, -0.25) is 0 Å². The van der Waals surface area contributed by atoms with Crippen molar-refractivity contribution in [1.82, 2.24) is 9.97 Å². The Morgan fingerprint density at radius 1 is 1.39 bits per heavy atom. The molecule has 5 heteroatoms. The molecule has 0 bridgehead atoms. The Morgan fingerprint density at radius 3 is 2.72 bits per heavy atom. The lowest BCUT2D eigenvalue weighted by Crippen LogP contribution is -2.37. The van der Waals surface area contributed by atoms with Gasteiger partial charge >= 0.3 is 0 Å². The van der Waals surface area contributed by atoms with Crippen LogP contribution in [0.4, 0.5) is 5.82 Å². The van der Waals surface area contributed by atoms with Gasteiger partial charge in [-0.1, -0.05) is 20.8 Å². The summed E-state index contributed by atoms with van der Waals surface area (Å²) in [6.45, 7) is 8.50. The fourth-order valence-corrected chi connectivity index (χ4v) is 1.61. The molecule has 0 aliphatic rings. The second-order valence-corrected chi connectivity index (χ2v) is 5.29. The number of nitrogens with zero attached hydrogens (tertiary/aromatic N) is 3. The summed E-state index contributed by atoms with van der Waals surface area (Å²) < 4.78 is 5.50. The zero-order chi connectivity index (χ0) is 13.6. The highest BCUT2D eigenvalue weighted by Crippen LogP contribution is 2.20. The molecule has 18 heavy (non-hydrogen) atoms. The van der Waals surface area contributed by atoms with Gasteiger partial charge in [0.25, 0.3) is 0 Å². The van der Waals surface area contributed by atoms with E-state index in [4.69, 9.17) is 10.5 Å². The predicted octanol–water partition coefficient (Wildman–Crippen LogP) is 1.69. The van der Waals surface area contributed by atoms with Crippen LogP contribution in [-0.4, -0.2) is 36.7 Å². The summed E-state index contributed by atoms with van der Waals surface area (Å²) in [4.78, 5) is 10.4. The molecular formula is C13H24N4O. The summed E-state index contributed by atoms with van der Waals surface area (Å²) >= 11 is 0. The van der Waals surface area contributed by atoms with Gasteiger partial charge in [0.2, 0.25) is 5.88 Å². The maximum atomic E-state index is 5.74. The van der Waals surface area contributed by atoms with Gasteiger partial charge in [0.05, 0.1) is 6.61 Å². The van der Waals surface area contributed by atoms with Crippen LogP contribution in [0.15, 0.2) is 12.4 Å². The molecule has 0 aliphatic heterocycles. The lowest BCUT2D eigenvalue weighted by molar-refractivity contribution is 0.304. The maximum Gasteiger partial charge on any atom is 0.218 e. The molecule has 102 valence electrons. The average molecular weight is 252 g/mol. The lowest BCUT2D eigenvalue weighted by Gasteiger charge is -2.29. The Labute approximate surface area is 109 Å². The van der Waals surface area contributed by atoms with Crippen molar-refractivity contribution in [2.75, 3.05) is 31.6 Å². The van der Waals surface area contributed by atoms with Crippen LogP contribution >= 0.6 is 0 Å². The SMILES string of the molecule is CCCOc1cc(N(C)CC(C)(C)CN)ncn1. The van der Waals surface area contributed by atoms with Crippen LogP contribution in [0.1, 0.15) is 27.2 Å². The summed E-state index contributed by atoms with van der Waals surface area (Å²) in [7, 11) is 2.00.